The maximum atomic E-state index is 6.50. The molecular formula is C22H18Cl2N2O3S. The van der Waals surface area contributed by atoms with Gasteiger partial charge in [-0.2, -0.15) is 5.10 Å². The predicted molar refractivity (Wildman–Crippen MR) is 119 cm³/mol. The molecule has 0 bridgehead atoms. The van der Waals surface area contributed by atoms with Gasteiger partial charge in [0.2, 0.25) is 6.23 Å². The van der Waals surface area contributed by atoms with Crippen molar-refractivity contribution >= 4 is 40.3 Å². The Bertz CT molecular complexity index is 1130. The first-order valence-corrected chi connectivity index (χ1v) is 11.0. The van der Waals surface area contributed by atoms with Crippen molar-refractivity contribution in [3.8, 4) is 17.2 Å². The van der Waals surface area contributed by atoms with Crippen molar-refractivity contribution in [3.63, 3.8) is 0 Å². The average Bonchev–Trinajstić information content (AvgIpc) is 3.43. The van der Waals surface area contributed by atoms with E-state index < -0.39 is 0 Å². The summed E-state index contributed by atoms with van der Waals surface area (Å²) in [6.07, 6.45) is 0.350. The Morgan fingerprint density at radius 1 is 1.10 bits per heavy atom. The molecule has 0 aliphatic carbocycles. The molecular weight excluding hydrogens is 443 g/mol. The van der Waals surface area contributed by atoms with Crippen LogP contribution in [0.3, 0.4) is 0 Å². The number of nitrogens with zero attached hydrogens (tertiary/aromatic N) is 2. The molecule has 154 valence electrons. The largest absolute Gasteiger partial charge is 0.493 e. The van der Waals surface area contributed by atoms with E-state index in [9.17, 15) is 0 Å². The summed E-state index contributed by atoms with van der Waals surface area (Å²) in [5, 5.41) is 10.1. The highest BCUT2D eigenvalue weighted by Gasteiger charge is 2.42. The summed E-state index contributed by atoms with van der Waals surface area (Å²) in [6.45, 7) is 0. The summed E-state index contributed by atoms with van der Waals surface area (Å²) in [6, 6.07) is 13.5. The summed E-state index contributed by atoms with van der Waals surface area (Å²) in [5.74, 6) is 2.02. The lowest BCUT2D eigenvalue weighted by Crippen LogP contribution is -2.33. The van der Waals surface area contributed by atoms with Gasteiger partial charge >= 0.3 is 0 Å². The fourth-order valence-electron chi connectivity index (χ4n) is 3.92. The molecule has 0 spiro atoms. The van der Waals surface area contributed by atoms with Gasteiger partial charge in [0.15, 0.2) is 11.5 Å². The third-order valence-electron chi connectivity index (χ3n) is 5.31. The number of methoxy groups -OCH3 is 2. The minimum Gasteiger partial charge on any atom is -0.493 e. The zero-order valence-corrected chi connectivity index (χ0v) is 18.6. The molecule has 0 saturated carbocycles. The Morgan fingerprint density at radius 3 is 2.67 bits per heavy atom. The van der Waals surface area contributed by atoms with E-state index in [1.54, 1.807) is 31.6 Å². The van der Waals surface area contributed by atoms with Crippen LogP contribution in [0.25, 0.3) is 0 Å². The topological polar surface area (TPSA) is 43.3 Å². The maximum absolute atomic E-state index is 6.50. The summed E-state index contributed by atoms with van der Waals surface area (Å²) >= 11 is 14.4. The Labute approximate surface area is 188 Å². The van der Waals surface area contributed by atoms with Crippen LogP contribution >= 0.6 is 34.5 Å². The molecule has 0 fully saturated rings. The number of hydrogen-bond acceptors (Lipinski definition) is 6. The van der Waals surface area contributed by atoms with Gasteiger partial charge in [0, 0.05) is 22.6 Å². The maximum Gasteiger partial charge on any atom is 0.223 e. The van der Waals surface area contributed by atoms with Crippen LogP contribution in [0, 0.1) is 0 Å². The van der Waals surface area contributed by atoms with Gasteiger partial charge in [0.05, 0.1) is 35.9 Å². The third-order valence-corrected chi connectivity index (χ3v) is 6.71. The molecule has 2 aromatic carbocycles. The van der Waals surface area contributed by atoms with E-state index in [4.69, 9.17) is 42.5 Å². The van der Waals surface area contributed by atoms with Gasteiger partial charge in [-0.3, -0.25) is 0 Å². The van der Waals surface area contributed by atoms with Gasteiger partial charge in [0.25, 0.3) is 0 Å². The fraction of sp³-hybridized carbons (Fsp3) is 0.227. The minimum absolute atomic E-state index is 0.0276. The first kappa shape index (κ1) is 19.5. The predicted octanol–water partition coefficient (Wildman–Crippen LogP) is 6.31. The molecule has 5 nitrogen and oxygen atoms in total. The Kier molecular flexibility index (Phi) is 5.01. The van der Waals surface area contributed by atoms with Crippen LogP contribution in [-0.4, -0.2) is 24.9 Å². The average molecular weight is 461 g/mol. The van der Waals surface area contributed by atoms with E-state index in [0.717, 1.165) is 21.7 Å². The van der Waals surface area contributed by atoms with Crippen molar-refractivity contribution < 1.29 is 14.2 Å². The van der Waals surface area contributed by atoms with E-state index in [1.807, 2.05) is 46.8 Å². The van der Waals surface area contributed by atoms with Crippen molar-refractivity contribution in [2.45, 2.75) is 18.7 Å². The zero-order valence-electron chi connectivity index (χ0n) is 16.3. The summed E-state index contributed by atoms with van der Waals surface area (Å²) in [7, 11) is 3.25. The fourth-order valence-corrected chi connectivity index (χ4v) is 5.22. The lowest BCUT2D eigenvalue weighted by atomic mass is 9.96. The number of rotatable bonds is 4. The van der Waals surface area contributed by atoms with Crippen LogP contribution in [0.4, 0.5) is 0 Å². The monoisotopic (exact) mass is 460 g/mol. The molecule has 1 aromatic heterocycles. The summed E-state index contributed by atoms with van der Waals surface area (Å²) in [5.41, 5.74) is 2.86. The molecule has 30 heavy (non-hydrogen) atoms. The highest BCUT2D eigenvalue weighted by atomic mass is 35.5. The zero-order chi connectivity index (χ0) is 20.8. The first-order chi connectivity index (χ1) is 14.6. The van der Waals surface area contributed by atoms with E-state index >= 15 is 0 Å². The number of hydrazone groups is 1. The second kappa shape index (κ2) is 7.69. The second-order valence-corrected chi connectivity index (χ2v) is 8.83. The number of thiophene rings is 1. The van der Waals surface area contributed by atoms with Crippen LogP contribution in [0.1, 0.15) is 34.7 Å². The second-order valence-electron chi connectivity index (χ2n) is 7.01. The number of hydrogen-bond donors (Lipinski definition) is 0. The van der Waals surface area contributed by atoms with E-state index in [2.05, 4.69) is 0 Å². The lowest BCUT2D eigenvalue weighted by molar-refractivity contribution is -0.0165. The standard InChI is InChI=1S/C22H18Cl2N2O3S/c1-27-18-6-5-12(8-19(18)28-2)16-11-17-14-9-13(23)10-15(24)21(14)29-22(26(17)25-16)20-4-3-7-30-20/h3-10,17,22H,11H2,1-2H3/t17-,22-/m0/s1. The molecule has 0 amide bonds. The van der Waals surface area contributed by atoms with Crippen molar-refractivity contribution in [1.82, 2.24) is 5.01 Å². The lowest BCUT2D eigenvalue weighted by Gasteiger charge is -2.38. The molecule has 8 heteroatoms. The molecule has 0 N–H and O–H groups in total. The van der Waals surface area contributed by atoms with Crippen LogP contribution in [0.5, 0.6) is 17.2 Å². The van der Waals surface area contributed by atoms with E-state index in [-0.39, 0.29) is 12.3 Å². The van der Waals surface area contributed by atoms with Gasteiger partial charge in [0.1, 0.15) is 5.75 Å². The molecule has 3 heterocycles. The smallest absolute Gasteiger partial charge is 0.223 e. The molecule has 0 saturated heterocycles. The number of halogens is 2. The minimum atomic E-state index is -0.348. The first-order valence-electron chi connectivity index (χ1n) is 9.36. The Morgan fingerprint density at radius 2 is 1.93 bits per heavy atom. The molecule has 2 atom stereocenters. The molecule has 3 aromatic rings. The van der Waals surface area contributed by atoms with E-state index in [1.165, 1.54) is 0 Å². The summed E-state index contributed by atoms with van der Waals surface area (Å²) in [4.78, 5) is 1.06. The quantitative estimate of drug-likeness (QED) is 0.457. The molecule has 5 rings (SSSR count). The SMILES string of the molecule is COc1ccc(C2=NN3[C@@H](C2)c2cc(Cl)cc(Cl)c2O[C@H]3c2cccs2)cc1OC. The highest BCUT2D eigenvalue weighted by Crippen LogP contribution is 2.51. The number of ether oxygens (including phenoxy) is 3. The molecule has 0 unspecified atom stereocenters. The van der Waals surface area contributed by atoms with Gasteiger partial charge < -0.3 is 14.2 Å². The number of fused-ring (bicyclic) bond motifs is 3. The molecule has 2 aliphatic heterocycles. The van der Waals surface area contributed by atoms with Crippen LogP contribution < -0.4 is 14.2 Å². The Balaban J connectivity index is 1.60. The van der Waals surface area contributed by atoms with Crippen molar-refractivity contribution in [2.75, 3.05) is 14.2 Å². The van der Waals surface area contributed by atoms with Crippen LogP contribution in [0.15, 0.2) is 52.9 Å². The van der Waals surface area contributed by atoms with Gasteiger partial charge in [-0.05, 0) is 41.8 Å². The van der Waals surface area contributed by atoms with E-state index in [0.29, 0.717) is 33.7 Å². The van der Waals surface area contributed by atoms with Crippen molar-refractivity contribution in [1.29, 1.82) is 0 Å². The molecule has 2 aliphatic rings. The molecule has 0 radical (unpaired) electrons. The Hall–Kier alpha value is -2.41. The van der Waals surface area contributed by atoms with Crippen LogP contribution in [0.2, 0.25) is 10.0 Å². The normalized spacial score (nSPS) is 19.6. The van der Waals surface area contributed by atoms with Gasteiger partial charge in [-0.25, -0.2) is 5.01 Å². The summed E-state index contributed by atoms with van der Waals surface area (Å²) < 4.78 is 17.2. The van der Waals surface area contributed by atoms with Gasteiger partial charge in [-0.15, -0.1) is 11.3 Å². The van der Waals surface area contributed by atoms with Crippen molar-refractivity contribution in [3.05, 3.63) is 73.9 Å². The van der Waals surface area contributed by atoms with Crippen molar-refractivity contribution in [2.24, 2.45) is 5.10 Å². The van der Waals surface area contributed by atoms with Crippen LogP contribution in [-0.2, 0) is 0 Å². The number of benzene rings is 2. The van der Waals surface area contributed by atoms with Gasteiger partial charge in [-0.1, -0.05) is 29.3 Å². The third kappa shape index (κ3) is 3.20. The highest BCUT2D eigenvalue weighted by molar-refractivity contribution is 7.10.